The molecule has 110 valence electrons. The first-order valence-electron chi connectivity index (χ1n) is 5.90. The van der Waals surface area contributed by atoms with Gasteiger partial charge in [-0.25, -0.2) is 13.1 Å². The standard InChI is InChI=1S/C11H14BrN3O4S/c1-2-13-7-9-5-10(11(12)19-9)20(16,17)14-6-8-3-4-18-15-8/h3-5,13-14H,2,6-7H2,1H3. The van der Waals surface area contributed by atoms with E-state index < -0.39 is 10.0 Å². The largest absolute Gasteiger partial charge is 0.452 e. The molecule has 0 unspecified atom stereocenters. The van der Waals surface area contributed by atoms with E-state index in [4.69, 9.17) is 4.42 Å². The highest BCUT2D eigenvalue weighted by molar-refractivity contribution is 9.10. The van der Waals surface area contributed by atoms with Gasteiger partial charge in [0.15, 0.2) is 4.67 Å². The summed E-state index contributed by atoms with van der Waals surface area (Å²) in [4.78, 5) is 0.0638. The minimum Gasteiger partial charge on any atom is -0.452 e. The van der Waals surface area contributed by atoms with Gasteiger partial charge in [-0.3, -0.25) is 0 Å². The SMILES string of the molecule is CCNCc1cc(S(=O)(=O)NCc2ccon2)c(Br)o1. The lowest BCUT2D eigenvalue weighted by atomic mass is 10.4. The third-order valence-corrected chi connectivity index (χ3v) is 4.74. The Morgan fingerprint density at radius 2 is 2.20 bits per heavy atom. The smallest absolute Gasteiger partial charge is 0.245 e. The number of aromatic nitrogens is 1. The lowest BCUT2D eigenvalue weighted by molar-refractivity contribution is 0.411. The molecule has 0 aliphatic carbocycles. The number of hydrogen-bond donors (Lipinski definition) is 2. The van der Waals surface area contributed by atoms with Crippen LogP contribution in [0.3, 0.4) is 0 Å². The highest BCUT2D eigenvalue weighted by Gasteiger charge is 2.22. The Bertz CT molecular complexity index is 651. The molecule has 0 saturated heterocycles. The molecule has 0 aromatic carbocycles. The lowest BCUT2D eigenvalue weighted by Crippen LogP contribution is -2.23. The van der Waals surface area contributed by atoms with Gasteiger partial charge < -0.3 is 14.3 Å². The first-order valence-corrected chi connectivity index (χ1v) is 8.18. The summed E-state index contributed by atoms with van der Waals surface area (Å²) in [7, 11) is -3.67. The molecule has 2 aromatic heterocycles. The molecule has 7 nitrogen and oxygen atoms in total. The Balaban J connectivity index is 2.10. The van der Waals surface area contributed by atoms with Crippen LogP contribution in [-0.4, -0.2) is 20.1 Å². The zero-order chi connectivity index (χ0) is 14.6. The maximum absolute atomic E-state index is 12.2. The number of rotatable bonds is 7. The molecule has 0 bridgehead atoms. The molecule has 2 N–H and O–H groups in total. The molecule has 20 heavy (non-hydrogen) atoms. The summed E-state index contributed by atoms with van der Waals surface area (Å²) in [6, 6.07) is 3.07. The molecule has 0 atom stereocenters. The highest BCUT2D eigenvalue weighted by Crippen LogP contribution is 2.26. The summed E-state index contributed by atoms with van der Waals surface area (Å²) in [6.45, 7) is 3.24. The van der Waals surface area contributed by atoms with Crippen LogP contribution >= 0.6 is 15.9 Å². The third kappa shape index (κ3) is 3.69. The van der Waals surface area contributed by atoms with Crippen molar-refractivity contribution in [3.05, 3.63) is 34.5 Å². The molecular weight excluding hydrogens is 350 g/mol. The van der Waals surface area contributed by atoms with Gasteiger partial charge in [0.25, 0.3) is 0 Å². The molecule has 2 heterocycles. The van der Waals surface area contributed by atoms with Crippen molar-refractivity contribution >= 4 is 26.0 Å². The van der Waals surface area contributed by atoms with Crippen LogP contribution in [0.5, 0.6) is 0 Å². The van der Waals surface area contributed by atoms with E-state index in [0.29, 0.717) is 18.0 Å². The van der Waals surface area contributed by atoms with Gasteiger partial charge in [0.2, 0.25) is 10.0 Å². The van der Waals surface area contributed by atoms with Crippen molar-refractivity contribution in [2.45, 2.75) is 24.9 Å². The molecule has 2 rings (SSSR count). The molecular formula is C11H14BrN3O4S. The van der Waals surface area contributed by atoms with Crippen molar-refractivity contribution in [3.63, 3.8) is 0 Å². The van der Waals surface area contributed by atoms with Crippen molar-refractivity contribution in [1.82, 2.24) is 15.2 Å². The Kier molecular flexibility index (Phi) is 4.97. The minimum atomic E-state index is -3.67. The van der Waals surface area contributed by atoms with Crippen molar-refractivity contribution in [3.8, 4) is 0 Å². The summed E-state index contributed by atoms with van der Waals surface area (Å²) in [5.41, 5.74) is 0.501. The fourth-order valence-corrected chi connectivity index (χ4v) is 3.49. The van der Waals surface area contributed by atoms with E-state index >= 15 is 0 Å². The Morgan fingerprint density at radius 1 is 1.40 bits per heavy atom. The summed E-state index contributed by atoms with van der Waals surface area (Å²) in [6.07, 6.45) is 1.38. The number of furan rings is 1. The van der Waals surface area contributed by atoms with E-state index in [2.05, 4.69) is 35.6 Å². The van der Waals surface area contributed by atoms with Crippen LogP contribution in [0, 0.1) is 0 Å². The molecule has 0 radical (unpaired) electrons. The first kappa shape index (κ1) is 15.2. The molecule has 0 fully saturated rings. The zero-order valence-electron chi connectivity index (χ0n) is 10.7. The molecule has 0 aliphatic heterocycles. The lowest BCUT2D eigenvalue weighted by Gasteiger charge is -2.02. The molecule has 0 spiro atoms. The summed E-state index contributed by atoms with van der Waals surface area (Å²) >= 11 is 3.12. The van der Waals surface area contributed by atoms with E-state index in [1.165, 1.54) is 12.3 Å². The average molecular weight is 364 g/mol. The van der Waals surface area contributed by atoms with Gasteiger partial charge in [0.1, 0.15) is 16.9 Å². The fraction of sp³-hybridized carbons (Fsp3) is 0.364. The maximum atomic E-state index is 12.2. The van der Waals surface area contributed by atoms with E-state index in [9.17, 15) is 8.42 Å². The van der Waals surface area contributed by atoms with Gasteiger partial charge in [-0.1, -0.05) is 12.1 Å². The van der Waals surface area contributed by atoms with Crippen LogP contribution in [-0.2, 0) is 23.1 Å². The van der Waals surface area contributed by atoms with Crippen molar-refractivity contribution in [1.29, 1.82) is 0 Å². The van der Waals surface area contributed by atoms with Crippen LogP contribution < -0.4 is 10.0 Å². The summed E-state index contributed by atoms with van der Waals surface area (Å²) in [5.74, 6) is 0.542. The van der Waals surface area contributed by atoms with Crippen molar-refractivity contribution in [2.75, 3.05) is 6.54 Å². The van der Waals surface area contributed by atoms with Crippen molar-refractivity contribution in [2.24, 2.45) is 0 Å². The summed E-state index contributed by atoms with van der Waals surface area (Å²) < 4.78 is 36.9. The number of nitrogens with one attached hydrogen (secondary N) is 2. The molecule has 0 amide bonds. The van der Waals surface area contributed by atoms with Gasteiger partial charge in [-0.05, 0) is 22.5 Å². The number of sulfonamides is 1. The monoisotopic (exact) mass is 363 g/mol. The highest BCUT2D eigenvalue weighted by atomic mass is 79.9. The van der Waals surface area contributed by atoms with Crippen LogP contribution in [0.4, 0.5) is 0 Å². The molecule has 2 aromatic rings. The van der Waals surface area contributed by atoms with Crippen molar-refractivity contribution < 1.29 is 17.4 Å². The van der Waals surface area contributed by atoms with Gasteiger partial charge >= 0.3 is 0 Å². The Morgan fingerprint density at radius 3 is 2.85 bits per heavy atom. The molecule has 0 aliphatic rings. The van der Waals surface area contributed by atoms with E-state index in [0.717, 1.165) is 6.54 Å². The molecule has 9 heteroatoms. The van der Waals surface area contributed by atoms with E-state index in [1.807, 2.05) is 6.92 Å². The van der Waals surface area contributed by atoms with Crippen LogP contribution in [0.1, 0.15) is 18.4 Å². The maximum Gasteiger partial charge on any atom is 0.245 e. The summed E-state index contributed by atoms with van der Waals surface area (Å²) in [5, 5.41) is 6.69. The van der Waals surface area contributed by atoms with Crippen LogP contribution in [0.2, 0.25) is 0 Å². The third-order valence-electron chi connectivity index (χ3n) is 2.48. The quantitative estimate of drug-likeness (QED) is 0.775. The van der Waals surface area contributed by atoms with Gasteiger partial charge in [-0.15, -0.1) is 0 Å². The number of halogens is 1. The second kappa shape index (κ2) is 6.53. The predicted molar refractivity (Wildman–Crippen MR) is 74.3 cm³/mol. The molecule has 0 saturated carbocycles. The normalized spacial score (nSPS) is 11.9. The van der Waals surface area contributed by atoms with E-state index in [1.54, 1.807) is 6.07 Å². The second-order valence-corrected chi connectivity index (χ2v) is 6.40. The Labute approximate surface area is 124 Å². The predicted octanol–water partition coefficient (Wildman–Crippen LogP) is 1.62. The number of nitrogens with zero attached hydrogens (tertiary/aromatic N) is 1. The zero-order valence-corrected chi connectivity index (χ0v) is 13.1. The average Bonchev–Trinajstić information content (AvgIpc) is 3.03. The second-order valence-electron chi connectivity index (χ2n) is 3.95. The van der Waals surface area contributed by atoms with Gasteiger partial charge in [-0.2, -0.15) is 0 Å². The van der Waals surface area contributed by atoms with Crippen LogP contribution in [0.25, 0.3) is 0 Å². The van der Waals surface area contributed by atoms with Crippen LogP contribution in [0.15, 0.2) is 36.9 Å². The Hall–Kier alpha value is -1.16. The van der Waals surface area contributed by atoms with E-state index in [-0.39, 0.29) is 16.1 Å². The van der Waals surface area contributed by atoms with Gasteiger partial charge in [0, 0.05) is 12.1 Å². The first-order chi connectivity index (χ1) is 9.53. The minimum absolute atomic E-state index is 0.0546. The van der Waals surface area contributed by atoms with Gasteiger partial charge in [0.05, 0.1) is 18.8 Å². The fourth-order valence-electron chi connectivity index (χ4n) is 1.49. The number of hydrogen-bond acceptors (Lipinski definition) is 6. The topological polar surface area (TPSA) is 97.4 Å².